The second kappa shape index (κ2) is 6.32. The monoisotopic (exact) mass is 316 g/mol. The summed E-state index contributed by atoms with van der Waals surface area (Å²) in [7, 11) is 0. The third-order valence-corrected chi connectivity index (χ3v) is 4.27. The first-order chi connectivity index (χ1) is 11.1. The number of benzene rings is 1. The summed E-state index contributed by atoms with van der Waals surface area (Å²) in [4.78, 5) is 22.8. The highest BCUT2D eigenvalue weighted by molar-refractivity contribution is 5.87. The average Bonchev–Trinajstić information content (AvgIpc) is 2.81. The van der Waals surface area contributed by atoms with Crippen molar-refractivity contribution in [1.29, 1.82) is 0 Å². The van der Waals surface area contributed by atoms with Crippen molar-refractivity contribution in [3.63, 3.8) is 0 Å². The zero-order valence-corrected chi connectivity index (χ0v) is 13.0. The van der Waals surface area contributed by atoms with Crippen LogP contribution in [0.25, 0.3) is 10.9 Å². The van der Waals surface area contributed by atoms with E-state index in [0.29, 0.717) is 13.0 Å². The summed E-state index contributed by atoms with van der Waals surface area (Å²) in [5, 5.41) is 13.1. The number of rotatable bonds is 4. The Morgan fingerprint density at radius 1 is 1.39 bits per heavy atom. The van der Waals surface area contributed by atoms with Crippen molar-refractivity contribution in [1.82, 2.24) is 9.88 Å². The molecule has 0 spiro atoms. The number of carboxylic acid groups (broad SMARTS) is 1. The first-order valence-corrected chi connectivity index (χ1v) is 7.84. The summed E-state index contributed by atoms with van der Waals surface area (Å²) in [6.45, 7) is 2.09. The van der Waals surface area contributed by atoms with Gasteiger partial charge in [-0.15, -0.1) is 0 Å². The molecule has 1 heterocycles. The van der Waals surface area contributed by atoms with Crippen LogP contribution in [0.2, 0.25) is 0 Å². The summed E-state index contributed by atoms with van der Waals surface area (Å²) in [6, 6.07) is 7.85. The molecule has 122 valence electrons. The second-order valence-corrected chi connectivity index (χ2v) is 5.73. The van der Waals surface area contributed by atoms with Crippen molar-refractivity contribution in [3.05, 3.63) is 35.5 Å². The van der Waals surface area contributed by atoms with Gasteiger partial charge in [-0.25, -0.2) is 4.79 Å². The fraction of sp³-hybridized carbons (Fsp3) is 0.412. The van der Waals surface area contributed by atoms with Crippen LogP contribution in [0.1, 0.15) is 24.6 Å². The summed E-state index contributed by atoms with van der Waals surface area (Å²) >= 11 is 0. The zero-order chi connectivity index (χ0) is 16.4. The van der Waals surface area contributed by atoms with Crippen LogP contribution < -0.4 is 5.32 Å². The zero-order valence-electron chi connectivity index (χ0n) is 13.0. The van der Waals surface area contributed by atoms with Crippen molar-refractivity contribution in [2.24, 2.45) is 0 Å². The molecule has 1 atom stereocenters. The number of para-hydroxylation sites is 1. The van der Waals surface area contributed by atoms with Crippen LogP contribution in [0.15, 0.2) is 24.3 Å². The van der Waals surface area contributed by atoms with E-state index in [2.05, 4.69) is 5.32 Å². The number of aromatic nitrogens is 1. The van der Waals surface area contributed by atoms with Crippen LogP contribution in [-0.2, 0) is 28.9 Å². The minimum Gasteiger partial charge on any atom is -0.480 e. The summed E-state index contributed by atoms with van der Waals surface area (Å²) in [6.07, 6.45) is 1.83. The Bertz CT molecular complexity index is 750. The maximum atomic E-state index is 11.6. The second-order valence-electron chi connectivity index (χ2n) is 5.73. The number of carbonyl (C=O) groups is 2. The molecule has 2 N–H and O–H groups in total. The number of nitrogens with one attached hydrogen (secondary N) is 1. The van der Waals surface area contributed by atoms with Crippen molar-refractivity contribution in [2.75, 3.05) is 6.61 Å². The van der Waals surface area contributed by atoms with Gasteiger partial charge in [-0.3, -0.25) is 4.79 Å². The molecule has 23 heavy (non-hydrogen) atoms. The Hall–Kier alpha value is -2.50. The van der Waals surface area contributed by atoms with Gasteiger partial charge in [-0.1, -0.05) is 18.2 Å². The van der Waals surface area contributed by atoms with Crippen molar-refractivity contribution >= 4 is 23.0 Å². The normalized spacial score (nSPS) is 16.8. The minimum atomic E-state index is -0.847. The lowest BCUT2D eigenvalue weighted by atomic mass is 9.91. The molecule has 1 amide bonds. The molecule has 1 aliphatic carbocycles. The molecule has 0 aliphatic heterocycles. The number of hydrogen-bond donors (Lipinski definition) is 2. The molecule has 0 fully saturated rings. The molecule has 0 saturated carbocycles. The quantitative estimate of drug-likeness (QED) is 0.907. The van der Waals surface area contributed by atoms with E-state index in [4.69, 9.17) is 4.74 Å². The predicted molar refractivity (Wildman–Crippen MR) is 85.5 cm³/mol. The molecule has 3 rings (SSSR count). The summed E-state index contributed by atoms with van der Waals surface area (Å²) in [5.74, 6) is -0.847. The van der Waals surface area contributed by atoms with Gasteiger partial charge < -0.3 is 19.7 Å². The molecule has 0 saturated heterocycles. The highest BCUT2D eigenvalue weighted by atomic mass is 16.5. The van der Waals surface area contributed by atoms with E-state index < -0.39 is 12.1 Å². The minimum absolute atomic E-state index is 0.0191. The van der Waals surface area contributed by atoms with Gasteiger partial charge in [0.25, 0.3) is 0 Å². The Morgan fingerprint density at radius 2 is 2.17 bits per heavy atom. The highest BCUT2D eigenvalue weighted by Gasteiger charge is 2.27. The van der Waals surface area contributed by atoms with Crippen LogP contribution >= 0.6 is 0 Å². The van der Waals surface area contributed by atoms with E-state index in [1.807, 2.05) is 28.8 Å². The SMILES string of the molecule is CCOC(=O)NC1CCc2c(c3ccccc3n2CC(=O)O)C1. The number of alkyl carbamates (subject to hydrolysis) is 1. The number of carbonyl (C=O) groups excluding carboxylic acids is 1. The standard InChI is InChI=1S/C17H20N2O4/c1-2-23-17(22)18-11-7-8-15-13(9-11)12-5-3-4-6-14(12)19(15)10-16(20)21/h3-6,11H,2,7-10H2,1H3,(H,18,22)(H,20,21). The van der Waals surface area contributed by atoms with Crippen LogP contribution in [0.5, 0.6) is 0 Å². The molecular weight excluding hydrogens is 296 g/mol. The van der Waals surface area contributed by atoms with Gasteiger partial charge in [-0.05, 0) is 37.8 Å². The van der Waals surface area contributed by atoms with E-state index in [0.717, 1.165) is 35.0 Å². The molecule has 1 unspecified atom stereocenters. The van der Waals surface area contributed by atoms with Gasteiger partial charge in [0.05, 0.1) is 6.61 Å². The fourth-order valence-corrected chi connectivity index (χ4v) is 3.38. The van der Waals surface area contributed by atoms with E-state index in [1.165, 1.54) is 0 Å². The number of aliphatic carboxylic acids is 1. The maximum Gasteiger partial charge on any atom is 0.407 e. The third-order valence-electron chi connectivity index (χ3n) is 4.27. The molecular formula is C17H20N2O4. The lowest BCUT2D eigenvalue weighted by Crippen LogP contribution is -2.39. The third kappa shape index (κ3) is 3.02. The van der Waals surface area contributed by atoms with Crippen LogP contribution in [0.4, 0.5) is 4.79 Å². The predicted octanol–water partition coefficient (Wildman–Crippen LogP) is 2.33. The fourth-order valence-electron chi connectivity index (χ4n) is 3.38. The number of hydrogen-bond acceptors (Lipinski definition) is 3. The smallest absolute Gasteiger partial charge is 0.407 e. The number of carboxylic acids is 1. The maximum absolute atomic E-state index is 11.6. The first-order valence-electron chi connectivity index (χ1n) is 7.84. The Kier molecular flexibility index (Phi) is 4.23. The lowest BCUT2D eigenvalue weighted by molar-refractivity contribution is -0.137. The summed E-state index contributed by atoms with van der Waals surface area (Å²) < 4.78 is 6.83. The van der Waals surface area contributed by atoms with Crippen molar-refractivity contribution < 1.29 is 19.4 Å². The Morgan fingerprint density at radius 3 is 2.91 bits per heavy atom. The van der Waals surface area contributed by atoms with E-state index >= 15 is 0 Å². The molecule has 6 heteroatoms. The van der Waals surface area contributed by atoms with Gasteiger partial charge in [-0.2, -0.15) is 0 Å². The van der Waals surface area contributed by atoms with Gasteiger partial charge in [0, 0.05) is 22.6 Å². The molecule has 0 bridgehead atoms. The topological polar surface area (TPSA) is 80.6 Å². The highest BCUT2D eigenvalue weighted by Crippen LogP contribution is 2.32. The number of ether oxygens (including phenoxy) is 1. The van der Waals surface area contributed by atoms with E-state index in [-0.39, 0.29) is 12.6 Å². The van der Waals surface area contributed by atoms with Crippen LogP contribution in [0.3, 0.4) is 0 Å². The molecule has 1 aromatic heterocycles. The molecule has 1 aromatic carbocycles. The van der Waals surface area contributed by atoms with Gasteiger partial charge in [0.15, 0.2) is 0 Å². The van der Waals surface area contributed by atoms with E-state index in [1.54, 1.807) is 6.92 Å². The van der Waals surface area contributed by atoms with Gasteiger partial charge in [0.2, 0.25) is 0 Å². The average molecular weight is 316 g/mol. The molecule has 2 aromatic rings. The number of nitrogens with zero attached hydrogens (tertiary/aromatic N) is 1. The lowest BCUT2D eigenvalue weighted by Gasteiger charge is -2.24. The largest absolute Gasteiger partial charge is 0.480 e. The molecule has 1 aliphatic rings. The van der Waals surface area contributed by atoms with Crippen molar-refractivity contribution in [3.8, 4) is 0 Å². The van der Waals surface area contributed by atoms with Crippen LogP contribution in [0, 0.1) is 0 Å². The van der Waals surface area contributed by atoms with E-state index in [9.17, 15) is 14.7 Å². The molecule has 0 radical (unpaired) electrons. The Balaban J connectivity index is 1.93. The van der Waals surface area contributed by atoms with Crippen molar-refractivity contribution in [2.45, 2.75) is 38.8 Å². The summed E-state index contributed by atoms with van der Waals surface area (Å²) in [5.41, 5.74) is 3.14. The Labute approximate surface area is 134 Å². The number of fused-ring (bicyclic) bond motifs is 3. The van der Waals surface area contributed by atoms with Gasteiger partial charge >= 0.3 is 12.1 Å². The first kappa shape index (κ1) is 15.4. The van der Waals surface area contributed by atoms with Gasteiger partial charge in [0.1, 0.15) is 6.54 Å². The number of amides is 1. The van der Waals surface area contributed by atoms with Crippen LogP contribution in [-0.4, -0.2) is 34.4 Å². The molecule has 6 nitrogen and oxygen atoms in total.